The highest BCUT2D eigenvalue weighted by molar-refractivity contribution is 7.35. The smallest absolute Gasteiger partial charge is 0.319 e. The Labute approximate surface area is 106 Å². The molecule has 0 saturated heterocycles. The van der Waals surface area contributed by atoms with Gasteiger partial charge in [-0.3, -0.25) is 0 Å². The summed E-state index contributed by atoms with van der Waals surface area (Å²) in [6.45, 7) is 6.93. The van der Waals surface area contributed by atoms with Gasteiger partial charge < -0.3 is 14.6 Å². The molecular weight excluding hydrogens is 246 g/mol. The van der Waals surface area contributed by atoms with Crippen LogP contribution in [0.25, 0.3) is 0 Å². The maximum absolute atomic E-state index is 5.83. The van der Waals surface area contributed by atoms with Crippen molar-refractivity contribution in [1.82, 2.24) is 0 Å². The highest BCUT2D eigenvalue weighted by Crippen LogP contribution is 2.25. The van der Waals surface area contributed by atoms with Crippen molar-refractivity contribution in [2.75, 3.05) is 20.0 Å². The molecule has 0 spiro atoms. The lowest BCUT2D eigenvalue weighted by atomic mass is 10.2. The van der Waals surface area contributed by atoms with Crippen molar-refractivity contribution in [2.24, 2.45) is 0 Å². The predicted octanol–water partition coefficient (Wildman–Crippen LogP) is 2.50. The highest BCUT2D eigenvalue weighted by Gasteiger charge is 2.49. The van der Waals surface area contributed by atoms with Crippen LogP contribution in [0.5, 0.6) is 0 Å². The minimum atomic E-state index is -2.11. The van der Waals surface area contributed by atoms with Gasteiger partial charge in [-0.1, -0.05) is 31.8 Å². The summed E-state index contributed by atoms with van der Waals surface area (Å²) in [5.41, 5.74) is 7.74. The second kappa shape index (κ2) is 5.35. The Morgan fingerprint density at radius 3 is 1.82 bits per heavy atom. The molecule has 0 aromatic heterocycles. The molecule has 0 aliphatic carbocycles. The Morgan fingerprint density at radius 1 is 1.00 bits per heavy atom. The summed E-state index contributed by atoms with van der Waals surface area (Å²) >= 11 is 0. The van der Waals surface area contributed by atoms with Gasteiger partial charge in [0.05, 0.1) is 0 Å². The van der Waals surface area contributed by atoms with Crippen molar-refractivity contribution in [1.29, 1.82) is 0 Å². The monoisotopic (exact) mass is 269 g/mol. The summed E-state index contributed by atoms with van der Waals surface area (Å²) in [7, 11) is -0.00925. The molecule has 0 unspecified atom stereocenters. The van der Waals surface area contributed by atoms with E-state index in [2.05, 4.69) is 31.8 Å². The quantitative estimate of drug-likeness (QED) is 0.660. The van der Waals surface area contributed by atoms with Gasteiger partial charge in [-0.15, -0.1) is 0 Å². The molecule has 0 saturated carbocycles. The highest BCUT2D eigenvalue weighted by atomic mass is 29.3. The lowest BCUT2D eigenvalue weighted by molar-refractivity contribution is 0.261. The van der Waals surface area contributed by atoms with Gasteiger partial charge in [-0.2, -0.15) is 0 Å². The maximum atomic E-state index is 5.83. The van der Waals surface area contributed by atoms with E-state index in [1.807, 2.05) is 12.1 Å². The lowest BCUT2D eigenvalue weighted by Gasteiger charge is -2.37. The van der Waals surface area contributed by atoms with Crippen molar-refractivity contribution in [3.05, 3.63) is 29.8 Å². The Morgan fingerprint density at radius 2 is 1.47 bits per heavy atom. The largest absolute Gasteiger partial charge is 0.400 e. The van der Waals surface area contributed by atoms with Crippen molar-refractivity contribution >= 4 is 21.4 Å². The number of hydrogen-bond acceptors (Lipinski definition) is 3. The molecule has 0 atom stereocenters. The molecule has 0 heterocycles. The summed E-state index contributed by atoms with van der Waals surface area (Å²) in [5.74, 6) is 0. The number of anilines is 1. The standard InChI is InChI=1S/C12H23NO2Si2/c1-14-17(15-2,16(3,4)5)10-11-6-8-12(13)9-7-11/h6-9H,10,13H2,1-5H3. The van der Waals surface area contributed by atoms with E-state index in [9.17, 15) is 0 Å². The van der Waals surface area contributed by atoms with Crippen LogP contribution in [-0.2, 0) is 14.9 Å². The molecular formula is C12H23NO2Si2. The number of rotatable bonds is 5. The Bertz CT molecular complexity index is 356. The SMILES string of the molecule is CO[Si](Cc1ccc(N)cc1)(OC)[Si](C)(C)C. The zero-order chi connectivity index (χ0) is 13.1. The van der Waals surface area contributed by atoms with Gasteiger partial charge in [0.2, 0.25) is 0 Å². The van der Waals surface area contributed by atoms with E-state index in [0.717, 1.165) is 11.7 Å². The van der Waals surface area contributed by atoms with Gasteiger partial charge >= 0.3 is 8.08 Å². The molecule has 0 radical (unpaired) electrons. The Balaban J connectivity index is 2.98. The van der Waals surface area contributed by atoms with E-state index < -0.39 is 15.7 Å². The molecule has 96 valence electrons. The molecule has 0 aliphatic heterocycles. The number of nitrogens with two attached hydrogens (primary N) is 1. The predicted molar refractivity (Wildman–Crippen MR) is 77.7 cm³/mol. The summed E-state index contributed by atoms with van der Waals surface area (Å²) in [4.78, 5) is 0. The van der Waals surface area contributed by atoms with Crippen molar-refractivity contribution < 1.29 is 8.85 Å². The van der Waals surface area contributed by atoms with Crippen molar-refractivity contribution in [3.63, 3.8) is 0 Å². The molecule has 0 fully saturated rings. The third-order valence-corrected chi connectivity index (χ3v) is 16.3. The van der Waals surface area contributed by atoms with E-state index in [1.54, 1.807) is 14.2 Å². The van der Waals surface area contributed by atoms with E-state index >= 15 is 0 Å². The van der Waals surface area contributed by atoms with Gasteiger partial charge in [-0.05, 0) is 17.7 Å². The van der Waals surface area contributed by atoms with Crippen LogP contribution in [0.1, 0.15) is 5.56 Å². The van der Waals surface area contributed by atoms with E-state index in [-0.39, 0.29) is 0 Å². The van der Waals surface area contributed by atoms with E-state index in [4.69, 9.17) is 14.6 Å². The summed E-state index contributed by atoms with van der Waals surface area (Å²) in [6.07, 6.45) is 0. The fraction of sp³-hybridized carbons (Fsp3) is 0.500. The first-order valence-electron chi connectivity index (χ1n) is 5.79. The normalized spacial score (nSPS) is 12.8. The second-order valence-corrected chi connectivity index (χ2v) is 19.3. The molecule has 1 rings (SSSR count). The maximum Gasteiger partial charge on any atom is 0.319 e. The van der Waals surface area contributed by atoms with Gasteiger partial charge in [0.15, 0.2) is 0 Å². The molecule has 5 heteroatoms. The fourth-order valence-corrected chi connectivity index (χ4v) is 10.9. The average Bonchev–Trinajstić information content (AvgIpc) is 2.27. The Hall–Kier alpha value is -0.626. The summed E-state index contributed by atoms with van der Waals surface area (Å²) in [6, 6.07) is 8.90. The Kier molecular flexibility index (Phi) is 4.54. The number of hydrogen-bond donors (Lipinski definition) is 1. The lowest BCUT2D eigenvalue weighted by Crippen LogP contribution is -2.62. The van der Waals surface area contributed by atoms with Crippen molar-refractivity contribution in [2.45, 2.75) is 25.7 Å². The number of nitrogen functional groups attached to an aromatic ring is 1. The van der Waals surface area contributed by atoms with E-state index in [0.29, 0.717) is 0 Å². The third-order valence-electron chi connectivity index (χ3n) is 3.22. The summed E-state index contributed by atoms with van der Waals surface area (Å²) in [5, 5.41) is 0. The van der Waals surface area contributed by atoms with Gasteiger partial charge in [0.25, 0.3) is 0 Å². The van der Waals surface area contributed by atoms with Crippen LogP contribution in [-0.4, -0.2) is 29.9 Å². The minimum absolute atomic E-state index is 0.795. The van der Waals surface area contributed by atoms with Crippen LogP contribution in [0, 0.1) is 0 Å². The average molecular weight is 269 g/mol. The first-order chi connectivity index (χ1) is 7.84. The molecule has 0 amide bonds. The van der Waals surface area contributed by atoms with Crippen LogP contribution in [0.4, 0.5) is 5.69 Å². The fourth-order valence-electron chi connectivity index (χ4n) is 2.01. The molecule has 1 aromatic carbocycles. The topological polar surface area (TPSA) is 44.5 Å². The summed E-state index contributed by atoms with van der Waals surface area (Å²) < 4.78 is 11.7. The minimum Gasteiger partial charge on any atom is -0.400 e. The van der Waals surface area contributed by atoms with Crippen molar-refractivity contribution in [3.8, 4) is 0 Å². The molecule has 2 N–H and O–H groups in total. The molecule has 17 heavy (non-hydrogen) atoms. The molecule has 3 nitrogen and oxygen atoms in total. The van der Waals surface area contributed by atoms with Gasteiger partial charge in [0, 0.05) is 26.0 Å². The van der Waals surface area contributed by atoms with Gasteiger partial charge in [-0.25, -0.2) is 0 Å². The third kappa shape index (κ3) is 3.19. The first-order valence-corrected chi connectivity index (χ1v) is 12.3. The number of benzene rings is 1. The van der Waals surface area contributed by atoms with Crippen LogP contribution in [0.2, 0.25) is 19.6 Å². The van der Waals surface area contributed by atoms with Crippen LogP contribution >= 0.6 is 0 Å². The van der Waals surface area contributed by atoms with Crippen LogP contribution in [0.15, 0.2) is 24.3 Å². The zero-order valence-corrected chi connectivity index (χ0v) is 13.4. The molecule has 0 bridgehead atoms. The van der Waals surface area contributed by atoms with E-state index in [1.165, 1.54) is 5.56 Å². The van der Waals surface area contributed by atoms with Gasteiger partial charge in [0.1, 0.15) is 7.59 Å². The van der Waals surface area contributed by atoms with Crippen LogP contribution in [0.3, 0.4) is 0 Å². The molecule has 1 aromatic rings. The van der Waals surface area contributed by atoms with Crippen LogP contribution < -0.4 is 5.73 Å². The second-order valence-electron chi connectivity index (χ2n) is 5.33. The first kappa shape index (κ1) is 14.4. The zero-order valence-electron chi connectivity index (χ0n) is 11.4. The molecule has 0 aliphatic rings.